The fourth-order valence-corrected chi connectivity index (χ4v) is 1.78. The highest BCUT2D eigenvalue weighted by atomic mass is 79.9. The zero-order chi connectivity index (χ0) is 11.0. The Bertz CT molecular complexity index is 406. The average molecular weight is 272 g/mol. The molecule has 2 rings (SSSR count). The van der Waals surface area contributed by atoms with E-state index in [1.807, 2.05) is 6.07 Å². The highest BCUT2D eigenvalue weighted by Crippen LogP contribution is 2.32. The second-order valence-electron chi connectivity index (χ2n) is 3.41. The number of carbonyl (C=O) groups excluding carboxylic acids is 1. The quantitative estimate of drug-likeness (QED) is 0.815. The maximum atomic E-state index is 11.5. The summed E-state index contributed by atoms with van der Waals surface area (Å²) in [7, 11) is 0. The van der Waals surface area contributed by atoms with Gasteiger partial charge in [0.15, 0.2) is 0 Å². The molecule has 1 aromatic carbocycles. The van der Waals surface area contributed by atoms with Crippen LogP contribution in [0.4, 0.5) is 5.69 Å². The van der Waals surface area contributed by atoms with E-state index >= 15 is 0 Å². The van der Waals surface area contributed by atoms with Crippen LogP contribution in [-0.2, 0) is 4.79 Å². The van der Waals surface area contributed by atoms with Crippen molar-refractivity contribution in [2.45, 2.75) is 19.1 Å². The Balaban J connectivity index is 2.34. The molecule has 1 heterocycles. The number of carbonyl (C=O) groups is 1. The highest BCUT2D eigenvalue weighted by molar-refractivity contribution is 9.10. The lowest BCUT2D eigenvalue weighted by Crippen LogP contribution is -2.44. The minimum Gasteiger partial charge on any atom is -0.476 e. The monoisotopic (exact) mass is 271 g/mol. The molecule has 0 fully saturated rings. The third kappa shape index (κ3) is 1.98. The van der Waals surface area contributed by atoms with Crippen LogP contribution in [0.25, 0.3) is 0 Å². The minimum absolute atomic E-state index is 0.324. The van der Waals surface area contributed by atoms with Crippen molar-refractivity contribution in [3.63, 3.8) is 0 Å². The Morgan fingerprint density at radius 2 is 2.33 bits per heavy atom. The van der Waals surface area contributed by atoms with Gasteiger partial charge in [0.05, 0.1) is 11.8 Å². The molecule has 1 aromatic rings. The molecule has 1 aliphatic rings. The zero-order valence-corrected chi connectivity index (χ0v) is 9.61. The molecule has 15 heavy (non-hydrogen) atoms. The van der Waals surface area contributed by atoms with Gasteiger partial charge in [0.1, 0.15) is 5.75 Å². The number of hydrogen-bond donors (Lipinski definition) is 2. The van der Waals surface area contributed by atoms with Crippen molar-refractivity contribution in [1.29, 1.82) is 0 Å². The summed E-state index contributed by atoms with van der Waals surface area (Å²) >= 11 is 3.30. The molecule has 1 aliphatic heterocycles. The molecular formula is C10H10BrNO3. The Hall–Kier alpha value is -1.07. The number of halogens is 1. The van der Waals surface area contributed by atoms with E-state index in [1.54, 1.807) is 12.1 Å². The van der Waals surface area contributed by atoms with Crippen LogP contribution < -0.4 is 10.1 Å². The van der Waals surface area contributed by atoms with Crippen LogP contribution in [-0.4, -0.2) is 23.2 Å². The number of rotatable bonds is 1. The number of aliphatic hydroxyl groups is 1. The van der Waals surface area contributed by atoms with Gasteiger partial charge in [-0.1, -0.05) is 15.9 Å². The van der Waals surface area contributed by atoms with E-state index in [0.29, 0.717) is 11.4 Å². The van der Waals surface area contributed by atoms with Crippen LogP contribution in [0.1, 0.15) is 6.92 Å². The SMILES string of the molecule is CC(O)C1Oc2ccc(Br)cc2NC1=O. The van der Waals surface area contributed by atoms with Crippen LogP contribution >= 0.6 is 15.9 Å². The molecule has 4 nitrogen and oxygen atoms in total. The van der Waals surface area contributed by atoms with E-state index < -0.39 is 12.2 Å². The van der Waals surface area contributed by atoms with Crippen molar-refractivity contribution in [1.82, 2.24) is 0 Å². The lowest BCUT2D eigenvalue weighted by molar-refractivity contribution is -0.127. The summed E-state index contributed by atoms with van der Waals surface area (Å²) in [5.41, 5.74) is 0.617. The van der Waals surface area contributed by atoms with Crippen molar-refractivity contribution in [2.24, 2.45) is 0 Å². The van der Waals surface area contributed by atoms with E-state index in [1.165, 1.54) is 6.92 Å². The van der Waals surface area contributed by atoms with Gasteiger partial charge in [-0.3, -0.25) is 4.79 Å². The molecule has 0 spiro atoms. The van der Waals surface area contributed by atoms with Gasteiger partial charge >= 0.3 is 0 Å². The van der Waals surface area contributed by atoms with Crippen LogP contribution in [0.5, 0.6) is 5.75 Å². The minimum atomic E-state index is -0.835. The standard InChI is InChI=1S/C10H10BrNO3/c1-5(13)9-10(14)12-7-4-6(11)2-3-8(7)15-9/h2-5,9,13H,1H3,(H,12,14). The largest absolute Gasteiger partial charge is 0.476 e. The molecule has 5 heteroatoms. The first kappa shape index (κ1) is 10.4. The van der Waals surface area contributed by atoms with E-state index in [4.69, 9.17) is 4.74 Å². The molecule has 80 valence electrons. The molecule has 2 N–H and O–H groups in total. The third-order valence-corrected chi connectivity index (χ3v) is 2.64. The van der Waals surface area contributed by atoms with Gasteiger partial charge in [0, 0.05) is 4.47 Å². The smallest absolute Gasteiger partial charge is 0.268 e. The molecular weight excluding hydrogens is 262 g/mol. The number of anilines is 1. The van der Waals surface area contributed by atoms with E-state index in [2.05, 4.69) is 21.2 Å². The Morgan fingerprint density at radius 3 is 3.00 bits per heavy atom. The predicted molar refractivity (Wildman–Crippen MR) is 58.9 cm³/mol. The number of hydrogen-bond acceptors (Lipinski definition) is 3. The van der Waals surface area contributed by atoms with Crippen molar-refractivity contribution in [3.8, 4) is 5.75 Å². The Morgan fingerprint density at radius 1 is 1.60 bits per heavy atom. The molecule has 0 aromatic heterocycles. The molecule has 0 aliphatic carbocycles. The van der Waals surface area contributed by atoms with E-state index in [0.717, 1.165) is 4.47 Å². The summed E-state index contributed by atoms with van der Waals surface area (Å²) in [6.45, 7) is 1.52. The van der Waals surface area contributed by atoms with Crippen molar-refractivity contribution in [2.75, 3.05) is 5.32 Å². The first-order valence-electron chi connectivity index (χ1n) is 4.53. The van der Waals surface area contributed by atoms with Crippen LogP contribution in [0.3, 0.4) is 0 Å². The van der Waals surface area contributed by atoms with Gasteiger partial charge in [-0.2, -0.15) is 0 Å². The fraction of sp³-hybridized carbons (Fsp3) is 0.300. The molecule has 0 saturated carbocycles. The lowest BCUT2D eigenvalue weighted by Gasteiger charge is -2.27. The van der Waals surface area contributed by atoms with Gasteiger partial charge < -0.3 is 15.2 Å². The van der Waals surface area contributed by atoms with Crippen molar-refractivity contribution in [3.05, 3.63) is 22.7 Å². The van der Waals surface area contributed by atoms with Crippen LogP contribution in [0, 0.1) is 0 Å². The maximum absolute atomic E-state index is 11.5. The lowest BCUT2D eigenvalue weighted by atomic mass is 10.1. The second-order valence-corrected chi connectivity index (χ2v) is 4.32. The van der Waals surface area contributed by atoms with Gasteiger partial charge in [0.2, 0.25) is 6.10 Å². The molecule has 1 amide bonds. The molecule has 0 radical (unpaired) electrons. The number of fused-ring (bicyclic) bond motifs is 1. The maximum Gasteiger partial charge on any atom is 0.268 e. The average Bonchev–Trinajstić information content (AvgIpc) is 2.15. The topological polar surface area (TPSA) is 58.6 Å². The Labute approximate surface area is 95.4 Å². The summed E-state index contributed by atoms with van der Waals surface area (Å²) in [6, 6.07) is 5.31. The van der Waals surface area contributed by atoms with Gasteiger partial charge in [-0.15, -0.1) is 0 Å². The molecule has 0 saturated heterocycles. The second kappa shape index (κ2) is 3.83. The van der Waals surface area contributed by atoms with Gasteiger partial charge in [-0.25, -0.2) is 0 Å². The van der Waals surface area contributed by atoms with Crippen molar-refractivity contribution >= 4 is 27.5 Å². The first-order valence-corrected chi connectivity index (χ1v) is 5.32. The van der Waals surface area contributed by atoms with E-state index in [9.17, 15) is 9.90 Å². The number of benzene rings is 1. The van der Waals surface area contributed by atoms with Crippen LogP contribution in [0.15, 0.2) is 22.7 Å². The third-order valence-electron chi connectivity index (χ3n) is 2.15. The Kier molecular flexibility index (Phi) is 2.67. The first-order chi connectivity index (χ1) is 7.08. The number of nitrogens with one attached hydrogen (secondary N) is 1. The van der Waals surface area contributed by atoms with E-state index in [-0.39, 0.29) is 5.91 Å². The molecule has 2 unspecified atom stereocenters. The van der Waals surface area contributed by atoms with Gasteiger partial charge in [0.25, 0.3) is 5.91 Å². The molecule has 0 bridgehead atoms. The summed E-state index contributed by atoms with van der Waals surface area (Å²) in [4.78, 5) is 11.5. The highest BCUT2D eigenvalue weighted by Gasteiger charge is 2.31. The fourth-order valence-electron chi connectivity index (χ4n) is 1.41. The van der Waals surface area contributed by atoms with Crippen molar-refractivity contribution < 1.29 is 14.6 Å². The van der Waals surface area contributed by atoms with Crippen LogP contribution in [0.2, 0.25) is 0 Å². The zero-order valence-electron chi connectivity index (χ0n) is 8.03. The normalized spacial score (nSPS) is 21.3. The van der Waals surface area contributed by atoms with Gasteiger partial charge in [-0.05, 0) is 25.1 Å². The number of amides is 1. The molecule has 2 atom stereocenters. The number of ether oxygens (including phenoxy) is 1. The predicted octanol–water partition coefficient (Wildman–Crippen LogP) is 1.53. The summed E-state index contributed by atoms with van der Waals surface area (Å²) in [5, 5.41) is 12.0. The summed E-state index contributed by atoms with van der Waals surface area (Å²) in [5.74, 6) is 0.249. The summed E-state index contributed by atoms with van der Waals surface area (Å²) < 4.78 is 6.24. The number of aliphatic hydroxyl groups excluding tert-OH is 1. The summed E-state index contributed by atoms with van der Waals surface area (Å²) in [6.07, 6.45) is -1.67.